The summed E-state index contributed by atoms with van der Waals surface area (Å²) in [5.41, 5.74) is 1.81. The molecule has 0 saturated heterocycles. The second kappa shape index (κ2) is 6.12. The van der Waals surface area contributed by atoms with Gasteiger partial charge in [-0.3, -0.25) is 9.59 Å². The van der Waals surface area contributed by atoms with Crippen LogP contribution in [0.5, 0.6) is 0 Å². The number of H-pyrrole nitrogens is 1. The Labute approximate surface area is 141 Å². The number of carbonyl (C=O) groups excluding carboxylic acids is 1. The smallest absolute Gasteiger partial charge is 0.274 e. The molecule has 0 unspecified atom stereocenters. The van der Waals surface area contributed by atoms with E-state index in [0.29, 0.717) is 22.7 Å². The van der Waals surface area contributed by atoms with Crippen molar-refractivity contribution in [1.29, 1.82) is 0 Å². The Kier molecular flexibility index (Phi) is 3.66. The number of aromatic nitrogens is 3. The number of carbonyl (C=O) groups is 1. The number of rotatable bonds is 4. The number of nitrogens with one attached hydrogen (secondary N) is 2. The second-order valence-corrected chi connectivity index (χ2v) is 5.47. The molecule has 0 radical (unpaired) electrons. The third-order valence-electron chi connectivity index (χ3n) is 3.83. The van der Waals surface area contributed by atoms with Gasteiger partial charge < -0.3 is 14.7 Å². The lowest BCUT2D eigenvalue weighted by molar-refractivity contribution is 0.0949. The molecule has 0 aliphatic rings. The molecule has 0 aliphatic heterocycles. The summed E-state index contributed by atoms with van der Waals surface area (Å²) < 4.78 is 6.37. The van der Waals surface area contributed by atoms with Crippen LogP contribution in [-0.4, -0.2) is 20.5 Å². The Morgan fingerprint density at radius 2 is 2.04 bits per heavy atom. The molecule has 0 fully saturated rings. The van der Waals surface area contributed by atoms with Crippen molar-refractivity contribution >= 4 is 11.6 Å². The Bertz CT molecular complexity index is 1080. The zero-order chi connectivity index (χ0) is 17.2. The van der Waals surface area contributed by atoms with Crippen LogP contribution in [0.4, 0.5) is 0 Å². The molecule has 7 heteroatoms. The van der Waals surface area contributed by atoms with Gasteiger partial charge in [0.1, 0.15) is 11.3 Å². The van der Waals surface area contributed by atoms with Crippen molar-refractivity contribution in [3.05, 3.63) is 82.7 Å². The first-order valence-electron chi connectivity index (χ1n) is 7.69. The number of aromatic amines is 1. The molecule has 124 valence electrons. The number of hydrogen-bond acceptors (Lipinski definition) is 4. The molecule has 2 N–H and O–H groups in total. The van der Waals surface area contributed by atoms with Gasteiger partial charge in [0.2, 0.25) is 0 Å². The van der Waals surface area contributed by atoms with E-state index in [1.54, 1.807) is 18.4 Å². The van der Waals surface area contributed by atoms with E-state index in [1.807, 2.05) is 30.3 Å². The van der Waals surface area contributed by atoms with Crippen LogP contribution in [0.1, 0.15) is 16.1 Å². The third kappa shape index (κ3) is 2.83. The molecule has 7 nitrogen and oxygen atoms in total. The summed E-state index contributed by atoms with van der Waals surface area (Å²) in [5.74, 6) is 0.301. The van der Waals surface area contributed by atoms with Gasteiger partial charge in [-0.2, -0.15) is 9.61 Å². The molecular weight excluding hydrogens is 320 g/mol. The Morgan fingerprint density at radius 3 is 2.80 bits per heavy atom. The maximum absolute atomic E-state index is 12.4. The topological polar surface area (TPSA) is 92.4 Å². The van der Waals surface area contributed by atoms with Gasteiger partial charge in [0, 0.05) is 6.07 Å². The number of hydrogen-bond donors (Lipinski definition) is 2. The van der Waals surface area contributed by atoms with E-state index in [9.17, 15) is 9.59 Å². The van der Waals surface area contributed by atoms with Crippen molar-refractivity contribution in [1.82, 2.24) is 19.9 Å². The Morgan fingerprint density at radius 1 is 1.20 bits per heavy atom. The van der Waals surface area contributed by atoms with Gasteiger partial charge in [0.15, 0.2) is 5.65 Å². The highest BCUT2D eigenvalue weighted by atomic mass is 16.3. The van der Waals surface area contributed by atoms with Crippen molar-refractivity contribution in [2.45, 2.75) is 6.54 Å². The predicted molar refractivity (Wildman–Crippen MR) is 91.1 cm³/mol. The third-order valence-corrected chi connectivity index (χ3v) is 3.83. The fraction of sp³-hybridized carbons (Fsp3) is 0.0556. The molecule has 0 atom stereocenters. The summed E-state index contributed by atoms with van der Waals surface area (Å²) in [7, 11) is 0. The quantitative estimate of drug-likeness (QED) is 0.598. The lowest BCUT2D eigenvalue weighted by Crippen LogP contribution is -2.23. The summed E-state index contributed by atoms with van der Waals surface area (Å²) in [6.07, 6.45) is 2.92. The SMILES string of the molecule is O=C(NCc1ccco1)c1cnn2c(=O)cc(-c3ccccc3)[nH]c12. The van der Waals surface area contributed by atoms with Crippen LogP contribution < -0.4 is 10.9 Å². The fourth-order valence-electron chi connectivity index (χ4n) is 2.60. The van der Waals surface area contributed by atoms with Crippen LogP contribution in [0.3, 0.4) is 0 Å². The van der Waals surface area contributed by atoms with Crippen LogP contribution in [-0.2, 0) is 6.54 Å². The fourth-order valence-corrected chi connectivity index (χ4v) is 2.60. The lowest BCUT2D eigenvalue weighted by Gasteiger charge is -2.05. The minimum Gasteiger partial charge on any atom is -0.467 e. The monoisotopic (exact) mass is 334 g/mol. The molecule has 1 aromatic carbocycles. The van der Waals surface area contributed by atoms with Gasteiger partial charge in [-0.1, -0.05) is 30.3 Å². The van der Waals surface area contributed by atoms with Gasteiger partial charge >= 0.3 is 0 Å². The molecule has 4 rings (SSSR count). The van der Waals surface area contributed by atoms with Crippen LogP contribution in [0, 0.1) is 0 Å². The minimum atomic E-state index is -0.340. The highest BCUT2D eigenvalue weighted by molar-refractivity contribution is 5.99. The Hall–Kier alpha value is -3.61. The zero-order valence-corrected chi connectivity index (χ0v) is 13.1. The van der Waals surface area contributed by atoms with Crippen LogP contribution in [0.15, 0.2) is 70.2 Å². The standard InChI is InChI=1S/C18H14N4O3/c23-16-9-15(12-5-2-1-3-6-12)21-17-14(11-20-22(16)17)18(24)19-10-13-7-4-8-25-13/h1-9,11,21H,10H2,(H,19,24). The average molecular weight is 334 g/mol. The van der Waals surface area contributed by atoms with Crippen molar-refractivity contribution in [3.8, 4) is 11.3 Å². The first kappa shape index (κ1) is 14.9. The van der Waals surface area contributed by atoms with E-state index < -0.39 is 0 Å². The number of nitrogens with zero attached hydrogens (tertiary/aromatic N) is 2. The van der Waals surface area contributed by atoms with Crippen LogP contribution in [0.25, 0.3) is 16.9 Å². The van der Waals surface area contributed by atoms with E-state index >= 15 is 0 Å². The summed E-state index contributed by atoms with van der Waals surface area (Å²) in [6.45, 7) is 0.256. The van der Waals surface area contributed by atoms with Gasteiger partial charge in [0.05, 0.1) is 24.7 Å². The zero-order valence-electron chi connectivity index (χ0n) is 13.1. The normalized spacial score (nSPS) is 10.9. The number of furan rings is 1. The lowest BCUT2D eigenvalue weighted by atomic mass is 10.1. The molecule has 1 amide bonds. The van der Waals surface area contributed by atoms with E-state index in [1.165, 1.54) is 16.8 Å². The maximum atomic E-state index is 12.4. The summed E-state index contributed by atoms with van der Waals surface area (Å²) in [6, 6.07) is 14.4. The molecule has 0 bridgehead atoms. The average Bonchev–Trinajstić information content (AvgIpc) is 3.30. The van der Waals surface area contributed by atoms with Crippen molar-refractivity contribution in [2.75, 3.05) is 0 Å². The van der Waals surface area contributed by atoms with Crippen LogP contribution >= 0.6 is 0 Å². The molecule has 0 spiro atoms. The van der Waals surface area contributed by atoms with E-state index in [2.05, 4.69) is 15.4 Å². The highest BCUT2D eigenvalue weighted by Gasteiger charge is 2.16. The minimum absolute atomic E-state index is 0.256. The van der Waals surface area contributed by atoms with Gasteiger partial charge in [-0.25, -0.2) is 0 Å². The number of fused-ring (bicyclic) bond motifs is 1. The molecule has 0 saturated carbocycles. The molecule has 25 heavy (non-hydrogen) atoms. The van der Waals surface area contributed by atoms with Gasteiger partial charge in [0.25, 0.3) is 11.5 Å². The first-order chi connectivity index (χ1) is 12.2. The van der Waals surface area contributed by atoms with E-state index in [-0.39, 0.29) is 18.0 Å². The van der Waals surface area contributed by atoms with Crippen molar-refractivity contribution in [2.24, 2.45) is 0 Å². The second-order valence-electron chi connectivity index (χ2n) is 5.47. The summed E-state index contributed by atoms with van der Waals surface area (Å²) in [4.78, 5) is 27.9. The van der Waals surface area contributed by atoms with Gasteiger partial charge in [-0.05, 0) is 17.7 Å². The number of amides is 1. The molecule has 3 aromatic heterocycles. The van der Waals surface area contributed by atoms with Crippen molar-refractivity contribution < 1.29 is 9.21 Å². The Balaban J connectivity index is 1.71. The maximum Gasteiger partial charge on any atom is 0.274 e. The van der Waals surface area contributed by atoms with E-state index in [0.717, 1.165) is 5.56 Å². The summed E-state index contributed by atoms with van der Waals surface area (Å²) in [5, 5.41) is 6.76. The molecule has 3 heterocycles. The van der Waals surface area contributed by atoms with E-state index in [4.69, 9.17) is 4.42 Å². The first-order valence-corrected chi connectivity index (χ1v) is 7.69. The number of benzene rings is 1. The van der Waals surface area contributed by atoms with Crippen LogP contribution in [0.2, 0.25) is 0 Å². The predicted octanol–water partition coefficient (Wildman–Crippen LogP) is 2.21. The summed E-state index contributed by atoms with van der Waals surface area (Å²) >= 11 is 0. The molecular formula is C18H14N4O3. The van der Waals surface area contributed by atoms with Crippen molar-refractivity contribution in [3.63, 3.8) is 0 Å². The largest absolute Gasteiger partial charge is 0.467 e. The van der Waals surface area contributed by atoms with Gasteiger partial charge in [-0.15, -0.1) is 0 Å². The molecule has 0 aliphatic carbocycles. The molecule has 4 aromatic rings. The highest BCUT2D eigenvalue weighted by Crippen LogP contribution is 2.17.